The van der Waals surface area contributed by atoms with Gasteiger partial charge in [-0.1, -0.05) is 0 Å². The Labute approximate surface area is 171 Å². The van der Waals surface area contributed by atoms with Gasteiger partial charge in [-0.2, -0.15) is 0 Å². The molecular formula is C25H19Pb. The Morgan fingerprint density at radius 2 is 0.885 bits per heavy atom. The van der Waals surface area contributed by atoms with E-state index in [4.69, 9.17) is 0 Å². The van der Waals surface area contributed by atoms with Crippen molar-refractivity contribution in [3.8, 4) is 11.1 Å². The van der Waals surface area contributed by atoms with Crippen molar-refractivity contribution in [2.45, 2.75) is 2.97 Å². The molecule has 0 aliphatic carbocycles. The monoisotopic (exact) mass is 527 g/mol. The van der Waals surface area contributed by atoms with Gasteiger partial charge in [-0.05, 0) is 0 Å². The molecule has 0 heterocycles. The molecule has 0 amide bonds. The van der Waals surface area contributed by atoms with Crippen molar-refractivity contribution in [3.63, 3.8) is 0 Å². The average Bonchev–Trinajstić information content (AvgIpc) is 2.75. The van der Waals surface area contributed by atoms with Gasteiger partial charge in [-0.3, -0.25) is 0 Å². The van der Waals surface area contributed by atoms with Gasteiger partial charge >= 0.3 is 172 Å². The van der Waals surface area contributed by atoms with Gasteiger partial charge in [-0.15, -0.1) is 0 Å². The molecule has 4 aromatic carbocycles. The molecule has 26 heavy (non-hydrogen) atoms. The Morgan fingerprint density at radius 3 is 1.42 bits per heavy atom. The number of hydrogen-bond donors (Lipinski definition) is 0. The van der Waals surface area contributed by atoms with E-state index in [1.165, 1.54) is 27.8 Å². The van der Waals surface area contributed by atoms with Crippen molar-refractivity contribution in [3.05, 3.63) is 132 Å². The summed E-state index contributed by atoms with van der Waals surface area (Å²) in [6.45, 7) is 0. The Hall–Kier alpha value is -2.20. The van der Waals surface area contributed by atoms with E-state index in [2.05, 4.69) is 115 Å². The van der Waals surface area contributed by atoms with Crippen LogP contribution in [0.25, 0.3) is 11.1 Å². The maximum absolute atomic E-state index is 2.30. The normalized spacial score (nSPS) is 11.3. The third-order valence-corrected chi connectivity index (χ3v) is 8.12. The van der Waals surface area contributed by atoms with Crippen molar-refractivity contribution in [2.24, 2.45) is 0 Å². The quantitative estimate of drug-likeness (QED) is 0.233. The first-order chi connectivity index (χ1) is 12.8. The van der Waals surface area contributed by atoms with Gasteiger partial charge in [0.05, 0.1) is 0 Å². The second-order valence-corrected chi connectivity index (χ2v) is 9.31. The minimum atomic E-state index is -0.0883. The molecule has 0 aliphatic rings. The zero-order valence-corrected chi connectivity index (χ0v) is 18.4. The zero-order chi connectivity index (χ0) is 17.8. The first-order valence-electron chi connectivity index (χ1n) is 8.81. The molecule has 0 aromatic heterocycles. The second kappa shape index (κ2) is 7.58. The standard InChI is InChI=1S/C25H19.Pb/c1-4-12-20(13-5-1)23-18-10-11-19-24(23)25(21-14-6-2-7-15-21)22-16-8-3-9-17-22;/h1-19H;. The van der Waals surface area contributed by atoms with Crippen LogP contribution in [-0.2, 0) is 2.97 Å². The van der Waals surface area contributed by atoms with Crippen molar-refractivity contribution >= 4 is 25.8 Å². The Morgan fingerprint density at radius 1 is 0.462 bits per heavy atom. The van der Waals surface area contributed by atoms with Crippen molar-refractivity contribution in [2.75, 3.05) is 0 Å². The van der Waals surface area contributed by atoms with Gasteiger partial charge in [0.1, 0.15) is 0 Å². The predicted octanol–water partition coefficient (Wildman–Crippen LogP) is 5.81. The minimum absolute atomic E-state index is 0.0883. The summed E-state index contributed by atoms with van der Waals surface area (Å²) in [5.74, 6) is 0. The van der Waals surface area contributed by atoms with Gasteiger partial charge < -0.3 is 0 Å². The van der Waals surface area contributed by atoms with E-state index in [0.717, 1.165) is 25.8 Å². The van der Waals surface area contributed by atoms with Crippen LogP contribution in [0, 0.1) is 0 Å². The predicted molar refractivity (Wildman–Crippen MR) is 110 cm³/mol. The third-order valence-electron chi connectivity index (χ3n) is 4.83. The second-order valence-electron chi connectivity index (χ2n) is 6.39. The van der Waals surface area contributed by atoms with E-state index in [0.29, 0.717) is 0 Å². The van der Waals surface area contributed by atoms with E-state index in [9.17, 15) is 0 Å². The molecule has 0 nitrogen and oxygen atoms in total. The molecule has 4 rings (SSSR count). The van der Waals surface area contributed by atoms with Crippen LogP contribution in [0.15, 0.2) is 115 Å². The molecule has 0 bridgehead atoms. The van der Waals surface area contributed by atoms with Crippen LogP contribution in [-0.4, -0.2) is 25.8 Å². The first kappa shape index (κ1) is 17.2. The molecule has 0 saturated carbocycles. The fourth-order valence-electron chi connectivity index (χ4n) is 3.53. The SMILES string of the molecule is [Pb][C](c1ccccc1)(c1ccccc1)c1ccccc1-c1ccccc1. The molecule has 0 N–H and O–H groups in total. The van der Waals surface area contributed by atoms with Crippen LogP contribution in [0.5, 0.6) is 0 Å². The summed E-state index contributed by atoms with van der Waals surface area (Å²) in [6.07, 6.45) is 0. The van der Waals surface area contributed by atoms with Crippen LogP contribution in [0.4, 0.5) is 0 Å². The Kier molecular flexibility index (Phi) is 5.03. The van der Waals surface area contributed by atoms with Crippen LogP contribution in [0.3, 0.4) is 0 Å². The van der Waals surface area contributed by atoms with Gasteiger partial charge in [0, 0.05) is 0 Å². The average molecular weight is 527 g/mol. The molecule has 3 radical (unpaired) electrons. The van der Waals surface area contributed by atoms with Gasteiger partial charge in [0.15, 0.2) is 0 Å². The van der Waals surface area contributed by atoms with Crippen molar-refractivity contribution < 1.29 is 0 Å². The molecule has 0 atom stereocenters. The molecule has 0 unspecified atom stereocenters. The van der Waals surface area contributed by atoms with Gasteiger partial charge in [0.2, 0.25) is 0 Å². The first-order valence-corrected chi connectivity index (χ1v) is 10.8. The van der Waals surface area contributed by atoms with Crippen LogP contribution < -0.4 is 0 Å². The van der Waals surface area contributed by atoms with Crippen molar-refractivity contribution in [1.82, 2.24) is 0 Å². The fraction of sp³-hybridized carbons (Fsp3) is 0.0400. The number of hydrogen-bond acceptors (Lipinski definition) is 0. The summed E-state index contributed by atoms with van der Waals surface area (Å²) in [4.78, 5) is 0. The molecule has 0 aliphatic heterocycles. The molecule has 4 aromatic rings. The summed E-state index contributed by atoms with van der Waals surface area (Å²) in [5.41, 5.74) is 6.70. The topological polar surface area (TPSA) is 0 Å². The fourth-order valence-corrected chi connectivity index (χ4v) is 5.68. The summed E-state index contributed by atoms with van der Waals surface area (Å²) < 4.78 is -0.0883. The molecule has 0 saturated heterocycles. The summed E-state index contributed by atoms with van der Waals surface area (Å²) in [7, 11) is 0. The van der Waals surface area contributed by atoms with E-state index < -0.39 is 0 Å². The zero-order valence-electron chi connectivity index (χ0n) is 14.5. The van der Waals surface area contributed by atoms with Crippen LogP contribution in [0.1, 0.15) is 16.7 Å². The molecular weight excluding hydrogens is 507 g/mol. The Bertz CT molecular complexity index is 937. The summed E-state index contributed by atoms with van der Waals surface area (Å²) in [5, 5.41) is 0. The van der Waals surface area contributed by atoms with E-state index in [1.54, 1.807) is 0 Å². The summed E-state index contributed by atoms with van der Waals surface area (Å²) >= 11 is 0.981. The van der Waals surface area contributed by atoms with E-state index in [-0.39, 0.29) is 2.97 Å². The van der Waals surface area contributed by atoms with Gasteiger partial charge in [0.25, 0.3) is 0 Å². The van der Waals surface area contributed by atoms with E-state index in [1.807, 2.05) is 0 Å². The Balaban J connectivity index is 2.01. The molecule has 0 fully saturated rings. The van der Waals surface area contributed by atoms with Gasteiger partial charge in [-0.25, -0.2) is 0 Å². The molecule has 123 valence electrons. The van der Waals surface area contributed by atoms with Crippen LogP contribution >= 0.6 is 0 Å². The summed E-state index contributed by atoms with van der Waals surface area (Å²) in [6, 6.07) is 41.4. The molecule has 1 heteroatoms. The third kappa shape index (κ3) is 3.14. The number of benzene rings is 4. The molecule has 0 spiro atoms. The number of rotatable bonds is 4. The van der Waals surface area contributed by atoms with Crippen molar-refractivity contribution in [1.29, 1.82) is 0 Å². The van der Waals surface area contributed by atoms with E-state index >= 15 is 0 Å². The van der Waals surface area contributed by atoms with Crippen LogP contribution in [0.2, 0.25) is 0 Å². The maximum atomic E-state index is 2.30.